The molecule has 0 bridgehead atoms. The van der Waals surface area contributed by atoms with Crippen molar-refractivity contribution in [1.82, 2.24) is 5.32 Å². The van der Waals surface area contributed by atoms with Crippen molar-refractivity contribution in [3.8, 4) is 0 Å². The van der Waals surface area contributed by atoms with Crippen LogP contribution in [0.2, 0.25) is 5.02 Å². The van der Waals surface area contributed by atoms with Crippen LogP contribution in [0.4, 0.5) is 0 Å². The van der Waals surface area contributed by atoms with Crippen molar-refractivity contribution in [2.75, 3.05) is 13.2 Å². The van der Waals surface area contributed by atoms with Crippen molar-refractivity contribution in [3.63, 3.8) is 0 Å². The second kappa shape index (κ2) is 8.09. The number of nitrogens with one attached hydrogen (secondary N) is 1. The van der Waals surface area contributed by atoms with Gasteiger partial charge in [0.2, 0.25) is 0 Å². The molecule has 1 aromatic carbocycles. The van der Waals surface area contributed by atoms with Crippen molar-refractivity contribution in [2.24, 2.45) is 5.92 Å². The molecule has 0 aromatic heterocycles. The summed E-state index contributed by atoms with van der Waals surface area (Å²) in [4.78, 5) is 0. The van der Waals surface area contributed by atoms with Crippen LogP contribution in [0, 0.1) is 5.92 Å². The molecule has 4 heteroatoms. The summed E-state index contributed by atoms with van der Waals surface area (Å²) in [6.45, 7) is 4.07. The van der Waals surface area contributed by atoms with Gasteiger partial charge in [0, 0.05) is 22.6 Å². The van der Waals surface area contributed by atoms with Gasteiger partial charge in [-0.15, -0.1) is 0 Å². The van der Waals surface area contributed by atoms with Gasteiger partial charge >= 0.3 is 0 Å². The van der Waals surface area contributed by atoms with E-state index in [1.165, 1.54) is 0 Å². The second-order valence-electron chi connectivity index (χ2n) is 4.34. The summed E-state index contributed by atoms with van der Waals surface area (Å²) in [6, 6.07) is 5.87. The highest BCUT2D eigenvalue weighted by atomic mass is 79.9. The minimum atomic E-state index is 0.275. The van der Waals surface area contributed by atoms with Crippen LogP contribution in [0.5, 0.6) is 0 Å². The molecule has 0 heterocycles. The maximum absolute atomic E-state index is 8.89. The highest BCUT2D eigenvalue weighted by Crippen LogP contribution is 2.20. The molecule has 0 fully saturated rings. The lowest BCUT2D eigenvalue weighted by Gasteiger charge is -2.09. The molecule has 0 aliphatic rings. The number of hydrogen-bond acceptors (Lipinski definition) is 2. The molecule has 0 aliphatic carbocycles. The lowest BCUT2D eigenvalue weighted by Crippen LogP contribution is -2.16. The van der Waals surface area contributed by atoms with Gasteiger partial charge < -0.3 is 10.4 Å². The Morgan fingerprint density at radius 2 is 2.24 bits per heavy atom. The van der Waals surface area contributed by atoms with Crippen LogP contribution >= 0.6 is 27.5 Å². The average Bonchev–Trinajstić information content (AvgIpc) is 2.32. The zero-order chi connectivity index (χ0) is 12.7. The Hall–Kier alpha value is -0.0900. The molecule has 0 amide bonds. The van der Waals surface area contributed by atoms with E-state index in [2.05, 4.69) is 28.2 Å². The summed E-state index contributed by atoms with van der Waals surface area (Å²) in [5.41, 5.74) is 1.11. The van der Waals surface area contributed by atoms with E-state index in [9.17, 15) is 0 Å². The van der Waals surface area contributed by atoms with Crippen molar-refractivity contribution in [1.29, 1.82) is 0 Å². The number of aliphatic hydroxyl groups excluding tert-OH is 1. The van der Waals surface area contributed by atoms with Gasteiger partial charge in [-0.2, -0.15) is 0 Å². The van der Waals surface area contributed by atoms with Crippen LogP contribution in [0.1, 0.15) is 25.3 Å². The molecule has 1 unspecified atom stereocenters. The van der Waals surface area contributed by atoms with E-state index in [-0.39, 0.29) is 6.61 Å². The first kappa shape index (κ1) is 15.0. The Balaban J connectivity index is 2.24. The molecule has 0 aliphatic heterocycles. The second-order valence-corrected chi connectivity index (χ2v) is 5.67. The largest absolute Gasteiger partial charge is 0.396 e. The molecule has 1 atom stereocenters. The number of hydrogen-bond donors (Lipinski definition) is 2. The van der Waals surface area contributed by atoms with E-state index in [0.717, 1.165) is 41.0 Å². The molecular formula is C13H19BrClNO. The first-order chi connectivity index (χ1) is 8.13. The molecule has 0 saturated carbocycles. The minimum absolute atomic E-state index is 0.275. The third-order valence-corrected chi connectivity index (χ3v) is 3.55. The van der Waals surface area contributed by atoms with Crippen molar-refractivity contribution in [3.05, 3.63) is 33.3 Å². The van der Waals surface area contributed by atoms with Gasteiger partial charge in [0.05, 0.1) is 0 Å². The summed E-state index contributed by atoms with van der Waals surface area (Å²) in [5.74, 6) is 0.395. The number of rotatable bonds is 7. The Morgan fingerprint density at radius 1 is 1.47 bits per heavy atom. The van der Waals surface area contributed by atoms with Crippen LogP contribution < -0.4 is 5.32 Å². The fourth-order valence-corrected chi connectivity index (χ4v) is 2.16. The van der Waals surface area contributed by atoms with Gasteiger partial charge in [-0.25, -0.2) is 0 Å². The minimum Gasteiger partial charge on any atom is -0.396 e. The molecule has 0 spiro atoms. The first-order valence-corrected chi connectivity index (χ1v) is 7.06. The topological polar surface area (TPSA) is 32.3 Å². The monoisotopic (exact) mass is 319 g/mol. The number of halogens is 2. The van der Waals surface area contributed by atoms with Gasteiger partial charge in [-0.3, -0.25) is 0 Å². The van der Waals surface area contributed by atoms with Crippen LogP contribution in [-0.4, -0.2) is 18.3 Å². The van der Waals surface area contributed by atoms with Crippen molar-refractivity contribution >= 4 is 27.5 Å². The molecule has 96 valence electrons. The standard InChI is InChI=1S/C13H19BrClNO/c1-10(9-17)3-2-6-16-8-11-7-12(14)4-5-13(11)15/h4-5,7,10,16-17H,2-3,6,8-9H2,1H3. The first-order valence-electron chi connectivity index (χ1n) is 5.89. The summed E-state index contributed by atoms with van der Waals surface area (Å²) < 4.78 is 1.05. The molecule has 17 heavy (non-hydrogen) atoms. The van der Waals surface area contributed by atoms with Gasteiger partial charge in [0.1, 0.15) is 0 Å². The van der Waals surface area contributed by atoms with Crippen LogP contribution in [0.3, 0.4) is 0 Å². The predicted octanol–water partition coefficient (Wildman–Crippen LogP) is 3.60. The summed E-state index contributed by atoms with van der Waals surface area (Å²) >= 11 is 9.52. The number of benzene rings is 1. The van der Waals surface area contributed by atoms with Gasteiger partial charge in [-0.1, -0.05) is 34.5 Å². The SMILES string of the molecule is CC(CO)CCCNCc1cc(Br)ccc1Cl. The molecule has 0 saturated heterocycles. The van der Waals surface area contributed by atoms with Crippen LogP contribution in [-0.2, 0) is 6.54 Å². The average molecular weight is 321 g/mol. The third kappa shape index (κ3) is 5.87. The van der Waals surface area contributed by atoms with Gasteiger partial charge in [-0.05, 0) is 49.1 Å². The summed E-state index contributed by atoms with van der Waals surface area (Å²) in [6.07, 6.45) is 2.13. The van der Waals surface area contributed by atoms with E-state index in [0.29, 0.717) is 5.92 Å². The molecule has 2 N–H and O–H groups in total. The summed E-state index contributed by atoms with van der Waals surface area (Å²) in [5, 5.41) is 13.1. The molecule has 1 rings (SSSR count). The van der Waals surface area contributed by atoms with E-state index in [1.54, 1.807) is 0 Å². The van der Waals surface area contributed by atoms with Crippen molar-refractivity contribution in [2.45, 2.75) is 26.3 Å². The van der Waals surface area contributed by atoms with E-state index < -0.39 is 0 Å². The van der Waals surface area contributed by atoms with E-state index in [1.807, 2.05) is 18.2 Å². The normalized spacial score (nSPS) is 12.7. The quantitative estimate of drug-likeness (QED) is 0.752. The molecule has 2 nitrogen and oxygen atoms in total. The maximum atomic E-state index is 8.89. The Labute approximate surface area is 117 Å². The lowest BCUT2D eigenvalue weighted by atomic mass is 10.1. The van der Waals surface area contributed by atoms with Gasteiger partial charge in [0.15, 0.2) is 0 Å². The zero-order valence-electron chi connectivity index (χ0n) is 10.0. The number of aliphatic hydroxyl groups is 1. The fourth-order valence-electron chi connectivity index (χ4n) is 1.57. The highest BCUT2D eigenvalue weighted by Gasteiger charge is 2.02. The van der Waals surface area contributed by atoms with E-state index >= 15 is 0 Å². The predicted molar refractivity (Wildman–Crippen MR) is 76.3 cm³/mol. The van der Waals surface area contributed by atoms with Crippen molar-refractivity contribution < 1.29 is 5.11 Å². The Bertz CT molecular complexity index is 346. The van der Waals surface area contributed by atoms with Gasteiger partial charge in [0.25, 0.3) is 0 Å². The summed E-state index contributed by atoms with van der Waals surface area (Å²) in [7, 11) is 0. The fraction of sp³-hybridized carbons (Fsp3) is 0.538. The molecule has 1 aromatic rings. The zero-order valence-corrected chi connectivity index (χ0v) is 12.4. The maximum Gasteiger partial charge on any atom is 0.0456 e. The third-order valence-electron chi connectivity index (χ3n) is 2.69. The Morgan fingerprint density at radius 3 is 2.94 bits per heavy atom. The molecular weight excluding hydrogens is 302 g/mol. The highest BCUT2D eigenvalue weighted by molar-refractivity contribution is 9.10. The smallest absolute Gasteiger partial charge is 0.0456 e. The van der Waals surface area contributed by atoms with Crippen LogP contribution in [0.25, 0.3) is 0 Å². The van der Waals surface area contributed by atoms with E-state index in [4.69, 9.17) is 16.7 Å². The molecule has 0 radical (unpaired) electrons. The lowest BCUT2D eigenvalue weighted by molar-refractivity contribution is 0.228. The Kier molecular flexibility index (Phi) is 7.12. The van der Waals surface area contributed by atoms with Crippen LogP contribution in [0.15, 0.2) is 22.7 Å².